The first kappa shape index (κ1) is 13.6. The van der Waals surface area contributed by atoms with Gasteiger partial charge in [-0.1, -0.05) is 36.4 Å². The Hall–Kier alpha value is -2.36. The van der Waals surface area contributed by atoms with Gasteiger partial charge in [-0.2, -0.15) is 0 Å². The van der Waals surface area contributed by atoms with Crippen LogP contribution >= 0.6 is 0 Å². The van der Waals surface area contributed by atoms with Crippen LogP contribution in [0.25, 0.3) is 10.8 Å². The van der Waals surface area contributed by atoms with E-state index in [9.17, 15) is 9.59 Å². The molecule has 2 aromatic carbocycles. The van der Waals surface area contributed by atoms with Crippen LogP contribution < -0.4 is 10.6 Å². The van der Waals surface area contributed by atoms with Gasteiger partial charge >= 0.3 is 0 Å². The SMILES string of the molecule is O=C(NCCNC(=O)C1CC1)c1cccc2ccccc12. The summed E-state index contributed by atoms with van der Waals surface area (Å²) in [6, 6.07) is 13.5. The minimum absolute atomic E-state index is 0.104. The minimum Gasteiger partial charge on any atom is -0.354 e. The molecule has 0 atom stereocenters. The van der Waals surface area contributed by atoms with E-state index >= 15 is 0 Å². The number of benzene rings is 2. The number of carbonyl (C=O) groups excluding carboxylic acids is 2. The number of hydrogen-bond acceptors (Lipinski definition) is 2. The van der Waals surface area contributed by atoms with E-state index in [0.29, 0.717) is 18.7 Å². The Morgan fingerprint density at radius 1 is 0.952 bits per heavy atom. The fraction of sp³-hybridized carbons (Fsp3) is 0.294. The van der Waals surface area contributed by atoms with Crippen LogP contribution in [0.2, 0.25) is 0 Å². The highest BCUT2D eigenvalue weighted by molar-refractivity contribution is 6.07. The Labute approximate surface area is 123 Å². The van der Waals surface area contributed by atoms with E-state index in [1.807, 2.05) is 42.5 Å². The maximum atomic E-state index is 12.2. The molecule has 0 spiro atoms. The highest BCUT2D eigenvalue weighted by Crippen LogP contribution is 2.28. The van der Waals surface area contributed by atoms with Crippen molar-refractivity contribution in [2.45, 2.75) is 12.8 Å². The molecule has 1 saturated carbocycles. The Kier molecular flexibility index (Phi) is 3.86. The van der Waals surface area contributed by atoms with E-state index in [1.54, 1.807) is 0 Å². The number of amides is 2. The standard InChI is InChI=1S/C17H18N2O2/c20-16(13-8-9-13)18-10-11-19-17(21)15-7-3-5-12-4-1-2-6-14(12)15/h1-7,13H,8-11H2,(H,18,20)(H,19,21). The second kappa shape index (κ2) is 5.95. The first-order chi connectivity index (χ1) is 10.3. The second-order valence-corrected chi connectivity index (χ2v) is 5.35. The zero-order valence-corrected chi connectivity index (χ0v) is 11.8. The molecule has 0 aliphatic heterocycles. The van der Waals surface area contributed by atoms with Gasteiger partial charge in [-0.3, -0.25) is 9.59 Å². The lowest BCUT2D eigenvalue weighted by Crippen LogP contribution is -2.35. The van der Waals surface area contributed by atoms with Crippen LogP contribution in [0.5, 0.6) is 0 Å². The molecule has 1 aliphatic carbocycles. The number of carbonyl (C=O) groups is 2. The number of rotatable bonds is 5. The van der Waals surface area contributed by atoms with Crippen molar-refractivity contribution in [1.29, 1.82) is 0 Å². The van der Waals surface area contributed by atoms with E-state index in [0.717, 1.165) is 23.6 Å². The summed E-state index contributed by atoms with van der Waals surface area (Å²) in [6.07, 6.45) is 1.99. The van der Waals surface area contributed by atoms with Crippen molar-refractivity contribution in [3.63, 3.8) is 0 Å². The molecular formula is C17H18N2O2. The first-order valence-corrected chi connectivity index (χ1v) is 7.29. The average Bonchev–Trinajstić information content (AvgIpc) is 3.35. The van der Waals surface area contributed by atoms with Gasteiger partial charge in [-0.05, 0) is 29.7 Å². The largest absolute Gasteiger partial charge is 0.354 e. The molecule has 2 aromatic rings. The number of nitrogens with one attached hydrogen (secondary N) is 2. The molecule has 0 saturated heterocycles. The van der Waals surface area contributed by atoms with Crippen LogP contribution in [0, 0.1) is 5.92 Å². The van der Waals surface area contributed by atoms with Gasteiger partial charge in [0.2, 0.25) is 5.91 Å². The van der Waals surface area contributed by atoms with Gasteiger partial charge in [0.1, 0.15) is 0 Å². The maximum Gasteiger partial charge on any atom is 0.251 e. The molecule has 1 fully saturated rings. The number of hydrogen-bond donors (Lipinski definition) is 2. The van der Waals surface area contributed by atoms with Gasteiger partial charge in [-0.15, -0.1) is 0 Å². The van der Waals surface area contributed by atoms with Crippen LogP contribution in [0.3, 0.4) is 0 Å². The van der Waals surface area contributed by atoms with Crippen LogP contribution in [0.4, 0.5) is 0 Å². The maximum absolute atomic E-state index is 12.2. The average molecular weight is 282 g/mol. The van der Waals surface area contributed by atoms with Gasteiger partial charge in [0.25, 0.3) is 5.91 Å². The molecule has 0 aromatic heterocycles. The van der Waals surface area contributed by atoms with Crippen molar-refractivity contribution in [3.8, 4) is 0 Å². The Morgan fingerprint density at radius 2 is 1.67 bits per heavy atom. The molecule has 0 radical (unpaired) electrons. The van der Waals surface area contributed by atoms with Crippen molar-refractivity contribution in [3.05, 3.63) is 48.0 Å². The Balaban J connectivity index is 1.57. The molecule has 21 heavy (non-hydrogen) atoms. The van der Waals surface area contributed by atoms with Gasteiger partial charge in [-0.25, -0.2) is 0 Å². The molecule has 0 heterocycles. The summed E-state index contributed by atoms with van der Waals surface area (Å²) < 4.78 is 0. The highest BCUT2D eigenvalue weighted by Gasteiger charge is 2.28. The van der Waals surface area contributed by atoms with Crippen molar-refractivity contribution in [2.75, 3.05) is 13.1 Å². The summed E-state index contributed by atoms with van der Waals surface area (Å²) in [4.78, 5) is 23.7. The summed E-state index contributed by atoms with van der Waals surface area (Å²) in [5, 5.41) is 7.68. The Bertz CT molecular complexity index is 672. The first-order valence-electron chi connectivity index (χ1n) is 7.29. The third-order valence-corrected chi connectivity index (χ3v) is 3.69. The predicted octanol–water partition coefficient (Wildman–Crippen LogP) is 2.10. The molecular weight excluding hydrogens is 264 g/mol. The van der Waals surface area contributed by atoms with Gasteiger partial charge < -0.3 is 10.6 Å². The van der Waals surface area contributed by atoms with E-state index in [-0.39, 0.29) is 17.7 Å². The Morgan fingerprint density at radius 3 is 2.48 bits per heavy atom. The zero-order chi connectivity index (χ0) is 14.7. The van der Waals surface area contributed by atoms with Gasteiger partial charge in [0, 0.05) is 24.6 Å². The van der Waals surface area contributed by atoms with Crippen molar-refractivity contribution >= 4 is 22.6 Å². The minimum atomic E-state index is -0.104. The fourth-order valence-corrected chi connectivity index (χ4v) is 2.37. The van der Waals surface area contributed by atoms with E-state index < -0.39 is 0 Å². The summed E-state index contributed by atoms with van der Waals surface area (Å²) in [5.74, 6) is 0.209. The van der Waals surface area contributed by atoms with Crippen LogP contribution in [0.15, 0.2) is 42.5 Å². The third kappa shape index (κ3) is 3.21. The molecule has 0 unspecified atom stereocenters. The molecule has 4 heteroatoms. The monoisotopic (exact) mass is 282 g/mol. The molecule has 2 N–H and O–H groups in total. The molecule has 108 valence electrons. The molecule has 0 bridgehead atoms. The fourth-order valence-electron chi connectivity index (χ4n) is 2.37. The van der Waals surface area contributed by atoms with E-state index in [2.05, 4.69) is 10.6 Å². The highest BCUT2D eigenvalue weighted by atomic mass is 16.2. The van der Waals surface area contributed by atoms with Crippen molar-refractivity contribution < 1.29 is 9.59 Å². The van der Waals surface area contributed by atoms with Crippen molar-refractivity contribution in [2.24, 2.45) is 5.92 Å². The lowest BCUT2D eigenvalue weighted by Gasteiger charge is -2.09. The zero-order valence-electron chi connectivity index (χ0n) is 11.8. The van der Waals surface area contributed by atoms with E-state index in [1.165, 1.54) is 0 Å². The predicted molar refractivity (Wildman–Crippen MR) is 82.0 cm³/mol. The smallest absolute Gasteiger partial charge is 0.251 e. The van der Waals surface area contributed by atoms with Crippen LogP contribution in [-0.4, -0.2) is 24.9 Å². The molecule has 3 rings (SSSR count). The lowest BCUT2D eigenvalue weighted by molar-refractivity contribution is -0.122. The van der Waals surface area contributed by atoms with Crippen LogP contribution in [0.1, 0.15) is 23.2 Å². The summed E-state index contributed by atoms with van der Waals surface area (Å²) in [7, 11) is 0. The van der Waals surface area contributed by atoms with Crippen molar-refractivity contribution in [1.82, 2.24) is 10.6 Å². The van der Waals surface area contributed by atoms with E-state index in [4.69, 9.17) is 0 Å². The molecule has 4 nitrogen and oxygen atoms in total. The quantitative estimate of drug-likeness (QED) is 0.825. The second-order valence-electron chi connectivity index (χ2n) is 5.35. The van der Waals surface area contributed by atoms with Gasteiger partial charge in [0.05, 0.1) is 0 Å². The summed E-state index contributed by atoms with van der Waals surface area (Å²) in [6.45, 7) is 0.923. The third-order valence-electron chi connectivity index (χ3n) is 3.69. The molecule has 1 aliphatic rings. The summed E-state index contributed by atoms with van der Waals surface area (Å²) in [5.41, 5.74) is 0.668. The van der Waals surface area contributed by atoms with Gasteiger partial charge in [0.15, 0.2) is 0 Å². The lowest BCUT2D eigenvalue weighted by atomic mass is 10.0. The number of fused-ring (bicyclic) bond motifs is 1. The summed E-state index contributed by atoms with van der Waals surface area (Å²) >= 11 is 0. The topological polar surface area (TPSA) is 58.2 Å². The van der Waals surface area contributed by atoms with Crippen LogP contribution in [-0.2, 0) is 4.79 Å². The normalized spacial score (nSPS) is 13.9. The molecule has 2 amide bonds.